The Balaban J connectivity index is 2.70. The summed E-state index contributed by atoms with van der Waals surface area (Å²) in [5.41, 5.74) is -4.88. The van der Waals surface area contributed by atoms with E-state index in [1.807, 2.05) is 0 Å². The molecule has 0 heterocycles. The van der Waals surface area contributed by atoms with Crippen LogP contribution in [0.3, 0.4) is 0 Å². The van der Waals surface area contributed by atoms with Crippen molar-refractivity contribution in [2.24, 2.45) is 0 Å². The van der Waals surface area contributed by atoms with E-state index in [2.05, 4.69) is 4.18 Å². The van der Waals surface area contributed by atoms with E-state index >= 15 is 0 Å². The first-order valence-electron chi connectivity index (χ1n) is 4.04. The zero-order valence-corrected chi connectivity index (χ0v) is 8.62. The summed E-state index contributed by atoms with van der Waals surface area (Å²) >= 11 is 0. The van der Waals surface area contributed by atoms with Gasteiger partial charge >= 0.3 is 15.6 Å². The zero-order chi connectivity index (χ0) is 12.2. The zero-order valence-electron chi connectivity index (χ0n) is 7.81. The molecule has 1 aromatic carbocycles. The lowest BCUT2D eigenvalue weighted by Crippen LogP contribution is -2.23. The third kappa shape index (κ3) is 3.27. The van der Waals surface area contributed by atoms with Gasteiger partial charge in [0, 0.05) is 0 Å². The first-order chi connectivity index (χ1) is 7.33. The molecule has 0 saturated heterocycles. The number of rotatable bonds is 3. The Morgan fingerprint density at radius 3 is 2.19 bits per heavy atom. The molecule has 0 unspecified atom stereocenters. The lowest BCUT2D eigenvalue weighted by molar-refractivity contribution is -0.0514. The minimum Gasteiger partial charge on any atom is -0.384 e. The number of hydrogen-bond donors (Lipinski definition) is 0. The summed E-state index contributed by atoms with van der Waals surface area (Å²) in [4.78, 5) is 0. The van der Waals surface area contributed by atoms with Crippen LogP contribution in [0.1, 0.15) is 5.56 Å². The maximum atomic E-state index is 11.8. The SMILES string of the molecule is O=S(=O)(O/C=C/c1ccccc1)C(F)(F)F. The molecule has 0 aliphatic carbocycles. The van der Waals surface area contributed by atoms with Crippen LogP contribution in [0.4, 0.5) is 13.2 Å². The summed E-state index contributed by atoms with van der Waals surface area (Å²) in [6.07, 6.45) is 1.60. The van der Waals surface area contributed by atoms with Crippen molar-refractivity contribution in [2.75, 3.05) is 0 Å². The van der Waals surface area contributed by atoms with Crippen LogP contribution < -0.4 is 0 Å². The Morgan fingerprint density at radius 2 is 1.69 bits per heavy atom. The van der Waals surface area contributed by atoms with Gasteiger partial charge in [-0.25, -0.2) is 0 Å². The van der Waals surface area contributed by atoms with Gasteiger partial charge in [-0.1, -0.05) is 30.3 Å². The van der Waals surface area contributed by atoms with Crippen molar-refractivity contribution in [3.63, 3.8) is 0 Å². The molecule has 0 aromatic heterocycles. The summed E-state index contributed by atoms with van der Waals surface area (Å²) in [6.45, 7) is 0. The lowest BCUT2D eigenvalue weighted by Gasteiger charge is -2.05. The summed E-state index contributed by atoms with van der Waals surface area (Å²) in [7, 11) is -5.55. The molecule has 0 spiro atoms. The summed E-state index contributed by atoms with van der Waals surface area (Å²) in [5.74, 6) is 0. The second-order valence-electron chi connectivity index (χ2n) is 2.71. The molecule has 0 aliphatic rings. The summed E-state index contributed by atoms with van der Waals surface area (Å²) in [6, 6.07) is 8.18. The second kappa shape index (κ2) is 4.56. The van der Waals surface area contributed by atoms with E-state index in [0.717, 1.165) is 6.08 Å². The fraction of sp³-hybridized carbons (Fsp3) is 0.111. The fourth-order valence-electron chi connectivity index (χ4n) is 0.798. The van der Waals surface area contributed by atoms with Crippen LogP contribution in [-0.2, 0) is 14.3 Å². The largest absolute Gasteiger partial charge is 0.534 e. The highest BCUT2D eigenvalue weighted by molar-refractivity contribution is 7.87. The molecule has 3 nitrogen and oxygen atoms in total. The molecule has 0 radical (unpaired) electrons. The van der Waals surface area contributed by atoms with Crippen molar-refractivity contribution in [1.29, 1.82) is 0 Å². The number of hydrogen-bond acceptors (Lipinski definition) is 3. The lowest BCUT2D eigenvalue weighted by atomic mass is 10.2. The van der Waals surface area contributed by atoms with Crippen molar-refractivity contribution in [3.05, 3.63) is 42.2 Å². The van der Waals surface area contributed by atoms with Crippen LogP contribution in [0.5, 0.6) is 0 Å². The van der Waals surface area contributed by atoms with Gasteiger partial charge in [-0.2, -0.15) is 21.6 Å². The summed E-state index contributed by atoms with van der Waals surface area (Å²) in [5, 5.41) is 0. The average molecular weight is 252 g/mol. The molecular weight excluding hydrogens is 245 g/mol. The summed E-state index contributed by atoms with van der Waals surface area (Å²) < 4.78 is 60.0. The molecule has 0 atom stereocenters. The molecule has 7 heteroatoms. The van der Waals surface area contributed by atoms with Gasteiger partial charge in [-0.05, 0) is 11.6 Å². The molecule has 0 bridgehead atoms. The highest BCUT2D eigenvalue weighted by Crippen LogP contribution is 2.24. The van der Waals surface area contributed by atoms with Gasteiger partial charge in [-0.15, -0.1) is 0 Å². The Morgan fingerprint density at radius 1 is 1.12 bits per heavy atom. The Labute approximate surface area is 90.3 Å². The van der Waals surface area contributed by atoms with Crippen molar-refractivity contribution in [1.82, 2.24) is 0 Å². The van der Waals surface area contributed by atoms with E-state index in [1.54, 1.807) is 30.3 Å². The van der Waals surface area contributed by atoms with Crippen molar-refractivity contribution in [3.8, 4) is 0 Å². The van der Waals surface area contributed by atoms with E-state index < -0.39 is 15.6 Å². The fourth-order valence-corrected chi connectivity index (χ4v) is 1.11. The van der Waals surface area contributed by atoms with Crippen LogP contribution in [0.25, 0.3) is 6.08 Å². The molecule has 88 valence electrons. The highest BCUT2D eigenvalue weighted by Gasteiger charge is 2.47. The average Bonchev–Trinajstić information content (AvgIpc) is 2.17. The van der Waals surface area contributed by atoms with Gasteiger partial charge in [0.2, 0.25) is 0 Å². The molecule has 0 saturated carbocycles. The quantitative estimate of drug-likeness (QED) is 0.471. The van der Waals surface area contributed by atoms with E-state index in [1.165, 1.54) is 0 Å². The first-order valence-corrected chi connectivity index (χ1v) is 5.45. The monoisotopic (exact) mass is 252 g/mol. The van der Waals surface area contributed by atoms with Crippen molar-refractivity contribution < 1.29 is 25.8 Å². The number of benzene rings is 1. The Kier molecular flexibility index (Phi) is 3.58. The van der Waals surface area contributed by atoms with Crippen LogP contribution in [0, 0.1) is 0 Å². The van der Waals surface area contributed by atoms with Gasteiger partial charge in [0.25, 0.3) is 0 Å². The molecule has 1 aromatic rings. The Bertz CT molecular complexity index is 463. The van der Waals surface area contributed by atoms with Gasteiger partial charge in [0.1, 0.15) is 6.26 Å². The third-order valence-corrected chi connectivity index (χ3v) is 2.46. The molecule has 0 aliphatic heterocycles. The molecule has 1 rings (SSSR count). The van der Waals surface area contributed by atoms with Gasteiger partial charge in [-0.3, -0.25) is 0 Å². The first kappa shape index (κ1) is 12.6. The number of halogens is 3. The molecule has 0 amide bonds. The highest BCUT2D eigenvalue weighted by atomic mass is 32.2. The molecule has 16 heavy (non-hydrogen) atoms. The van der Waals surface area contributed by atoms with Crippen molar-refractivity contribution in [2.45, 2.75) is 5.51 Å². The van der Waals surface area contributed by atoms with Gasteiger partial charge in [0.15, 0.2) is 0 Å². The van der Waals surface area contributed by atoms with Crippen LogP contribution >= 0.6 is 0 Å². The third-order valence-electron chi connectivity index (χ3n) is 1.53. The predicted octanol–water partition coefficient (Wildman–Crippen LogP) is 2.52. The second-order valence-corrected chi connectivity index (χ2v) is 4.27. The van der Waals surface area contributed by atoms with E-state index in [9.17, 15) is 21.6 Å². The van der Waals surface area contributed by atoms with Crippen LogP contribution in [0.2, 0.25) is 0 Å². The predicted molar refractivity (Wildman–Crippen MR) is 51.5 cm³/mol. The van der Waals surface area contributed by atoms with Gasteiger partial charge in [0.05, 0.1) is 0 Å². The van der Waals surface area contributed by atoms with Crippen LogP contribution in [0.15, 0.2) is 36.6 Å². The van der Waals surface area contributed by atoms with Gasteiger partial charge < -0.3 is 4.18 Å². The maximum absolute atomic E-state index is 11.8. The van der Waals surface area contributed by atoms with E-state index in [-0.39, 0.29) is 0 Å². The van der Waals surface area contributed by atoms with Crippen LogP contribution in [-0.4, -0.2) is 13.9 Å². The van der Waals surface area contributed by atoms with Crippen molar-refractivity contribution >= 4 is 16.2 Å². The van der Waals surface area contributed by atoms with E-state index in [0.29, 0.717) is 11.8 Å². The maximum Gasteiger partial charge on any atom is 0.534 e. The smallest absolute Gasteiger partial charge is 0.384 e. The number of alkyl halides is 3. The van der Waals surface area contributed by atoms with E-state index in [4.69, 9.17) is 0 Å². The molecule has 0 fully saturated rings. The standard InChI is InChI=1S/C9H7F3O3S/c10-9(11,12)16(13,14)15-7-6-8-4-2-1-3-5-8/h1-7H/b7-6+. The minimum absolute atomic E-state index is 0.484. The molecule has 0 N–H and O–H groups in total. The molecular formula is C9H7F3O3S. The Hall–Kier alpha value is -1.50. The minimum atomic E-state index is -5.55. The normalized spacial score (nSPS) is 12.9. The topological polar surface area (TPSA) is 43.4 Å².